The fourth-order valence-corrected chi connectivity index (χ4v) is 5.34. The van der Waals surface area contributed by atoms with Gasteiger partial charge in [-0.15, -0.1) is 0 Å². The number of alkyl halides is 2. The van der Waals surface area contributed by atoms with Gasteiger partial charge in [0.15, 0.2) is 5.82 Å². The summed E-state index contributed by atoms with van der Waals surface area (Å²) in [5.74, 6) is 0.729. The average molecular weight is 588 g/mol. The van der Waals surface area contributed by atoms with Gasteiger partial charge in [0.05, 0.1) is 12.7 Å². The van der Waals surface area contributed by atoms with Crippen LogP contribution in [0.1, 0.15) is 74.8 Å². The summed E-state index contributed by atoms with van der Waals surface area (Å²) >= 11 is 0. The lowest BCUT2D eigenvalue weighted by atomic mass is 9.93. The van der Waals surface area contributed by atoms with Gasteiger partial charge in [-0.1, -0.05) is 26.7 Å². The standard InChI is InChI=1S/C21H22F2N6O.C6H12O.C2H7N.C2H6/c1-27-10-14(9-24-27)15-7-13-3-2-5-29(19(13)8-16(15)20(22)23)21-17-11-28(12-30)6-4-18(17)25-26-21;1-2-4-6-7-5-3-1;1-3-2;1-2/h7-10,12,20H,2-6,11H2,1H3,(H,25,26);1-6H2;3H,1-2H3;1-2H3. The van der Waals surface area contributed by atoms with Crippen molar-refractivity contribution in [3.63, 3.8) is 0 Å². The van der Waals surface area contributed by atoms with E-state index in [0.717, 1.165) is 60.8 Å². The Morgan fingerprint density at radius 1 is 1.05 bits per heavy atom. The van der Waals surface area contributed by atoms with Gasteiger partial charge < -0.3 is 19.9 Å². The summed E-state index contributed by atoms with van der Waals surface area (Å²) in [6, 6.07) is 3.47. The quantitative estimate of drug-likeness (QED) is 0.376. The maximum absolute atomic E-state index is 14.0. The number of nitrogens with one attached hydrogen (secondary N) is 2. The van der Waals surface area contributed by atoms with Crippen molar-refractivity contribution in [2.45, 2.75) is 71.8 Å². The Labute approximate surface area is 248 Å². The third-order valence-corrected chi connectivity index (χ3v) is 7.29. The second kappa shape index (κ2) is 17.0. The molecule has 232 valence electrons. The number of amides is 1. The van der Waals surface area contributed by atoms with Crippen molar-refractivity contribution in [3.05, 3.63) is 46.9 Å². The zero-order valence-electron chi connectivity index (χ0n) is 25.8. The Bertz CT molecular complexity index is 1220. The van der Waals surface area contributed by atoms with Crippen molar-refractivity contribution < 1.29 is 18.3 Å². The normalized spacial score (nSPS) is 16.0. The highest BCUT2D eigenvalue weighted by molar-refractivity contribution is 5.77. The van der Waals surface area contributed by atoms with Gasteiger partial charge in [-0.2, -0.15) is 10.2 Å². The minimum absolute atomic E-state index is 0.00688. The summed E-state index contributed by atoms with van der Waals surface area (Å²) in [5, 5.41) is 14.5. The second-order valence-electron chi connectivity index (χ2n) is 10.4. The van der Waals surface area contributed by atoms with E-state index in [1.807, 2.05) is 38.9 Å². The summed E-state index contributed by atoms with van der Waals surface area (Å²) in [4.78, 5) is 15.0. The molecular formula is C31H47F2N7O2. The lowest BCUT2D eigenvalue weighted by molar-refractivity contribution is -0.118. The number of aromatic amines is 1. The minimum atomic E-state index is -2.60. The average Bonchev–Trinajstić information content (AvgIpc) is 3.51. The number of anilines is 2. The van der Waals surface area contributed by atoms with Gasteiger partial charge in [0.2, 0.25) is 6.41 Å². The van der Waals surface area contributed by atoms with Gasteiger partial charge in [0.25, 0.3) is 6.43 Å². The number of nitrogens with zero attached hydrogens (tertiary/aromatic N) is 5. The number of benzene rings is 1. The Hall–Kier alpha value is -3.31. The smallest absolute Gasteiger partial charge is 0.264 e. The summed E-state index contributed by atoms with van der Waals surface area (Å²) < 4.78 is 34.8. The number of ether oxygens (including phenoxy) is 1. The number of rotatable bonds is 4. The number of aromatic nitrogens is 4. The van der Waals surface area contributed by atoms with Crippen molar-refractivity contribution in [3.8, 4) is 11.1 Å². The molecule has 0 bridgehead atoms. The van der Waals surface area contributed by atoms with Gasteiger partial charge in [-0.25, -0.2) is 8.78 Å². The number of carbonyl (C=O) groups excluding carboxylic acids is 1. The molecule has 0 aliphatic carbocycles. The van der Waals surface area contributed by atoms with E-state index < -0.39 is 6.43 Å². The molecule has 0 radical (unpaired) electrons. The van der Waals surface area contributed by atoms with Crippen LogP contribution < -0.4 is 10.2 Å². The molecule has 1 amide bonds. The summed E-state index contributed by atoms with van der Waals surface area (Å²) in [6.07, 6.45) is 9.34. The molecule has 0 saturated carbocycles. The molecule has 42 heavy (non-hydrogen) atoms. The molecule has 9 nitrogen and oxygen atoms in total. The molecule has 6 rings (SSSR count). The van der Waals surface area contributed by atoms with Crippen LogP contribution in [-0.2, 0) is 36.0 Å². The third kappa shape index (κ3) is 8.38. The highest BCUT2D eigenvalue weighted by Gasteiger charge is 2.29. The highest BCUT2D eigenvalue weighted by atomic mass is 19.3. The Balaban J connectivity index is 0.000000342. The summed E-state index contributed by atoms with van der Waals surface area (Å²) in [7, 11) is 5.52. The van der Waals surface area contributed by atoms with Gasteiger partial charge >= 0.3 is 0 Å². The van der Waals surface area contributed by atoms with Crippen molar-refractivity contribution >= 4 is 17.9 Å². The molecule has 0 unspecified atom stereocenters. The van der Waals surface area contributed by atoms with Crippen LogP contribution >= 0.6 is 0 Å². The SMILES string of the molecule is C1CCCOCC1.CC.CNC.Cn1cc(-c2cc3c(cc2C(F)F)N(c2n[nH]c4c2CN(C=O)CC4)CCC3)cn1. The lowest BCUT2D eigenvalue weighted by Gasteiger charge is -2.33. The molecule has 5 heterocycles. The first-order valence-electron chi connectivity index (χ1n) is 15.1. The molecule has 3 aliphatic rings. The van der Waals surface area contributed by atoms with Crippen LogP contribution in [0.25, 0.3) is 11.1 Å². The molecule has 3 aromatic rings. The topological polar surface area (TPSA) is 91.3 Å². The van der Waals surface area contributed by atoms with Gasteiger partial charge in [0, 0.05) is 74.0 Å². The molecule has 1 saturated heterocycles. The van der Waals surface area contributed by atoms with Crippen LogP contribution in [0.5, 0.6) is 0 Å². The van der Waals surface area contributed by atoms with Crippen LogP contribution in [0.2, 0.25) is 0 Å². The van der Waals surface area contributed by atoms with E-state index in [0.29, 0.717) is 37.2 Å². The van der Waals surface area contributed by atoms with Crippen LogP contribution in [0.4, 0.5) is 20.3 Å². The number of H-pyrrole nitrogens is 1. The van der Waals surface area contributed by atoms with Gasteiger partial charge in [0.1, 0.15) is 0 Å². The predicted molar refractivity (Wildman–Crippen MR) is 163 cm³/mol. The van der Waals surface area contributed by atoms with E-state index >= 15 is 0 Å². The molecule has 1 aromatic carbocycles. The van der Waals surface area contributed by atoms with E-state index in [4.69, 9.17) is 4.74 Å². The first kappa shape index (κ1) is 33.2. The molecule has 3 aliphatic heterocycles. The Morgan fingerprint density at radius 2 is 1.76 bits per heavy atom. The molecule has 1 fully saturated rings. The van der Waals surface area contributed by atoms with E-state index in [-0.39, 0.29) is 5.56 Å². The maximum Gasteiger partial charge on any atom is 0.264 e. The van der Waals surface area contributed by atoms with Crippen molar-refractivity contribution in [2.75, 3.05) is 45.3 Å². The lowest BCUT2D eigenvalue weighted by Crippen LogP contribution is -2.31. The first-order chi connectivity index (χ1) is 20.5. The van der Waals surface area contributed by atoms with Crippen LogP contribution in [0, 0.1) is 0 Å². The number of hydrogen-bond acceptors (Lipinski definition) is 6. The third-order valence-electron chi connectivity index (χ3n) is 7.29. The zero-order chi connectivity index (χ0) is 30.5. The molecule has 2 N–H and O–H groups in total. The van der Waals surface area contributed by atoms with Crippen LogP contribution in [0.3, 0.4) is 0 Å². The summed E-state index contributed by atoms with van der Waals surface area (Å²) in [5.41, 5.74) is 4.97. The van der Waals surface area contributed by atoms with Crippen molar-refractivity contribution in [1.29, 1.82) is 0 Å². The zero-order valence-corrected chi connectivity index (χ0v) is 25.8. The highest BCUT2D eigenvalue weighted by Crippen LogP contribution is 2.42. The summed E-state index contributed by atoms with van der Waals surface area (Å²) in [6.45, 7) is 7.82. The molecule has 0 atom stereocenters. The number of aryl methyl sites for hydroxylation is 2. The van der Waals surface area contributed by atoms with Crippen molar-refractivity contribution in [2.24, 2.45) is 7.05 Å². The first-order valence-corrected chi connectivity index (χ1v) is 15.1. The molecule has 2 aromatic heterocycles. The predicted octanol–water partition coefficient (Wildman–Crippen LogP) is 5.79. The van der Waals surface area contributed by atoms with Crippen molar-refractivity contribution in [1.82, 2.24) is 30.2 Å². The van der Waals surface area contributed by atoms with E-state index in [1.165, 1.54) is 25.7 Å². The fourth-order valence-electron chi connectivity index (χ4n) is 5.34. The maximum atomic E-state index is 14.0. The molecule has 11 heteroatoms. The van der Waals surface area contributed by atoms with E-state index in [1.54, 1.807) is 35.1 Å². The molecular weight excluding hydrogens is 540 g/mol. The van der Waals surface area contributed by atoms with Gasteiger partial charge in [-0.05, 0) is 63.0 Å². The number of fused-ring (bicyclic) bond motifs is 2. The monoisotopic (exact) mass is 587 g/mol. The Morgan fingerprint density at radius 3 is 2.38 bits per heavy atom. The van der Waals surface area contributed by atoms with Crippen LogP contribution in [0.15, 0.2) is 24.5 Å². The number of halogens is 2. The van der Waals surface area contributed by atoms with Crippen LogP contribution in [-0.4, -0.2) is 71.7 Å². The largest absolute Gasteiger partial charge is 0.381 e. The minimum Gasteiger partial charge on any atom is -0.381 e. The fraction of sp³-hybridized carbons (Fsp3) is 0.581. The van der Waals surface area contributed by atoms with Gasteiger partial charge in [-0.3, -0.25) is 14.6 Å². The Kier molecular flexibility index (Phi) is 13.4. The molecule has 0 spiro atoms. The second-order valence-corrected chi connectivity index (χ2v) is 10.4. The number of hydrogen-bond donors (Lipinski definition) is 2. The number of carbonyl (C=O) groups is 1. The van der Waals surface area contributed by atoms with E-state index in [2.05, 4.69) is 20.6 Å². The van der Waals surface area contributed by atoms with E-state index in [9.17, 15) is 13.6 Å².